The fraction of sp³-hybridized carbons (Fsp3) is 0.143. The lowest BCUT2D eigenvalue weighted by molar-refractivity contribution is 0.435. The summed E-state index contributed by atoms with van der Waals surface area (Å²) >= 11 is 5.46. The zero-order chi connectivity index (χ0) is 7.44. The molecular formula is C7H9ClO. The number of hydrogen-bond donors (Lipinski definition) is 1. The Bertz CT molecular complexity index is 168. The van der Waals surface area contributed by atoms with Crippen LogP contribution in [0, 0.1) is 0 Å². The van der Waals surface area contributed by atoms with Gasteiger partial charge in [0.05, 0.1) is 0 Å². The number of halogens is 1. The topological polar surface area (TPSA) is 20.2 Å². The Morgan fingerprint density at radius 2 is 2.00 bits per heavy atom. The monoisotopic (exact) mass is 144 g/mol. The van der Waals surface area contributed by atoms with E-state index in [-0.39, 0.29) is 5.76 Å². The maximum atomic E-state index is 8.60. The Morgan fingerprint density at radius 3 is 2.11 bits per heavy atom. The third-order valence-corrected chi connectivity index (χ3v) is 1.11. The summed E-state index contributed by atoms with van der Waals surface area (Å²) in [6.45, 7) is 8.46. The molecule has 0 bridgehead atoms. The molecule has 0 aliphatic heterocycles. The molecule has 0 heterocycles. The lowest BCUT2D eigenvalue weighted by atomic mass is 10.2. The van der Waals surface area contributed by atoms with Crippen LogP contribution in [0.1, 0.15) is 6.92 Å². The molecule has 1 nitrogen and oxygen atoms in total. The Hall–Kier alpha value is -0.690. The maximum absolute atomic E-state index is 8.60. The summed E-state index contributed by atoms with van der Waals surface area (Å²) in [5, 5.41) is 9.02. The van der Waals surface area contributed by atoms with Crippen molar-refractivity contribution in [1.82, 2.24) is 0 Å². The number of allylic oxidation sites excluding steroid dienone is 3. The molecule has 2 heteroatoms. The van der Waals surface area contributed by atoms with Crippen molar-refractivity contribution < 1.29 is 5.11 Å². The van der Waals surface area contributed by atoms with Crippen molar-refractivity contribution in [3.05, 3.63) is 35.6 Å². The van der Waals surface area contributed by atoms with Gasteiger partial charge in [0.1, 0.15) is 5.76 Å². The first-order valence-electron chi connectivity index (χ1n) is 2.45. The number of aliphatic hydroxyl groups excluding tert-OH is 1. The molecule has 0 saturated carbocycles. The van der Waals surface area contributed by atoms with Crippen LogP contribution in [0.15, 0.2) is 35.6 Å². The lowest BCUT2D eigenvalue weighted by Crippen LogP contribution is -1.75. The van der Waals surface area contributed by atoms with Gasteiger partial charge < -0.3 is 5.11 Å². The van der Waals surface area contributed by atoms with E-state index in [2.05, 4.69) is 13.2 Å². The van der Waals surface area contributed by atoms with E-state index in [9.17, 15) is 0 Å². The van der Waals surface area contributed by atoms with E-state index < -0.39 is 0 Å². The van der Waals surface area contributed by atoms with E-state index in [1.165, 1.54) is 6.08 Å². The van der Waals surface area contributed by atoms with Gasteiger partial charge in [-0.05, 0) is 18.6 Å². The van der Waals surface area contributed by atoms with Crippen LogP contribution >= 0.6 is 11.6 Å². The SMILES string of the molecule is C=C(O)/C=C(/C)C(=C)Cl. The Balaban J connectivity index is 4.17. The summed E-state index contributed by atoms with van der Waals surface area (Å²) in [6, 6.07) is 0. The minimum Gasteiger partial charge on any atom is -0.509 e. The van der Waals surface area contributed by atoms with Crippen LogP contribution in [0.25, 0.3) is 0 Å². The quantitative estimate of drug-likeness (QED) is 0.467. The Morgan fingerprint density at radius 1 is 1.56 bits per heavy atom. The third-order valence-electron chi connectivity index (χ3n) is 0.811. The molecule has 0 aliphatic rings. The molecule has 0 radical (unpaired) electrons. The molecule has 0 aromatic heterocycles. The van der Waals surface area contributed by atoms with Crippen LogP contribution in [-0.2, 0) is 0 Å². The molecule has 50 valence electrons. The van der Waals surface area contributed by atoms with Crippen LogP contribution in [0.2, 0.25) is 0 Å². The fourth-order valence-corrected chi connectivity index (χ4v) is 0.383. The fourth-order valence-electron chi connectivity index (χ4n) is 0.328. The number of hydrogen-bond acceptors (Lipinski definition) is 1. The molecule has 0 saturated heterocycles. The van der Waals surface area contributed by atoms with Crippen molar-refractivity contribution in [3.8, 4) is 0 Å². The standard InChI is InChI=1S/C7H9ClO/c1-5(7(3)8)4-6(2)9/h4,9H,2-3H2,1H3/b5-4-. The van der Waals surface area contributed by atoms with Crippen molar-refractivity contribution in [1.29, 1.82) is 0 Å². The van der Waals surface area contributed by atoms with Crippen molar-refractivity contribution in [3.63, 3.8) is 0 Å². The molecule has 0 atom stereocenters. The summed E-state index contributed by atoms with van der Waals surface area (Å²) < 4.78 is 0. The first-order valence-corrected chi connectivity index (χ1v) is 2.83. The molecule has 0 aromatic rings. The highest BCUT2D eigenvalue weighted by Crippen LogP contribution is 2.11. The van der Waals surface area contributed by atoms with Crippen molar-refractivity contribution in [2.24, 2.45) is 0 Å². The van der Waals surface area contributed by atoms with Crippen molar-refractivity contribution >= 4 is 11.6 Å². The van der Waals surface area contributed by atoms with Gasteiger partial charge in [-0.1, -0.05) is 24.8 Å². The average molecular weight is 145 g/mol. The molecule has 0 unspecified atom stereocenters. The third kappa shape index (κ3) is 3.86. The number of aliphatic hydroxyl groups is 1. The zero-order valence-electron chi connectivity index (χ0n) is 5.32. The largest absolute Gasteiger partial charge is 0.509 e. The van der Waals surface area contributed by atoms with Crippen LogP contribution in [0.5, 0.6) is 0 Å². The van der Waals surface area contributed by atoms with Crippen LogP contribution in [0.4, 0.5) is 0 Å². The normalized spacial score (nSPS) is 11.1. The number of rotatable bonds is 2. The van der Waals surface area contributed by atoms with E-state index in [1.807, 2.05) is 0 Å². The lowest BCUT2D eigenvalue weighted by Gasteiger charge is -1.93. The van der Waals surface area contributed by atoms with Gasteiger partial charge in [0.15, 0.2) is 0 Å². The minimum absolute atomic E-state index is 0.00528. The van der Waals surface area contributed by atoms with Crippen LogP contribution in [0.3, 0.4) is 0 Å². The second-order valence-electron chi connectivity index (χ2n) is 1.72. The first kappa shape index (κ1) is 8.31. The van der Waals surface area contributed by atoms with Crippen molar-refractivity contribution in [2.45, 2.75) is 6.92 Å². The average Bonchev–Trinajstić information content (AvgIpc) is 1.63. The van der Waals surface area contributed by atoms with Gasteiger partial charge in [0.2, 0.25) is 0 Å². The van der Waals surface area contributed by atoms with Gasteiger partial charge in [0, 0.05) is 5.03 Å². The van der Waals surface area contributed by atoms with Gasteiger partial charge in [-0.3, -0.25) is 0 Å². The van der Waals surface area contributed by atoms with E-state index in [0.29, 0.717) is 5.03 Å². The van der Waals surface area contributed by atoms with Gasteiger partial charge >= 0.3 is 0 Å². The van der Waals surface area contributed by atoms with Crippen molar-refractivity contribution in [2.75, 3.05) is 0 Å². The van der Waals surface area contributed by atoms with Gasteiger partial charge in [0.25, 0.3) is 0 Å². The van der Waals surface area contributed by atoms with Gasteiger partial charge in [-0.25, -0.2) is 0 Å². The zero-order valence-corrected chi connectivity index (χ0v) is 6.07. The highest BCUT2D eigenvalue weighted by atomic mass is 35.5. The van der Waals surface area contributed by atoms with Gasteiger partial charge in [-0.2, -0.15) is 0 Å². The highest BCUT2D eigenvalue weighted by molar-refractivity contribution is 6.31. The molecule has 0 fully saturated rings. The molecule has 0 amide bonds. The molecule has 9 heavy (non-hydrogen) atoms. The van der Waals surface area contributed by atoms with E-state index >= 15 is 0 Å². The Kier molecular flexibility index (Phi) is 3.10. The first-order chi connectivity index (χ1) is 4.04. The molecular weight excluding hydrogens is 136 g/mol. The predicted octanol–water partition coefficient (Wildman–Crippen LogP) is 2.76. The molecule has 0 rings (SSSR count). The smallest absolute Gasteiger partial charge is 0.108 e. The molecule has 1 N–H and O–H groups in total. The summed E-state index contributed by atoms with van der Waals surface area (Å²) in [4.78, 5) is 0. The molecule has 0 aliphatic carbocycles. The second-order valence-corrected chi connectivity index (χ2v) is 2.18. The highest BCUT2D eigenvalue weighted by Gasteiger charge is 1.90. The molecule has 0 aromatic carbocycles. The predicted molar refractivity (Wildman–Crippen MR) is 40.5 cm³/mol. The molecule has 0 spiro atoms. The summed E-state index contributed by atoms with van der Waals surface area (Å²) in [5.74, 6) is -0.00528. The minimum atomic E-state index is -0.00528. The second kappa shape index (κ2) is 3.36. The van der Waals surface area contributed by atoms with Crippen LogP contribution < -0.4 is 0 Å². The van der Waals surface area contributed by atoms with E-state index in [4.69, 9.17) is 16.7 Å². The Labute approximate surface area is 60.0 Å². The maximum Gasteiger partial charge on any atom is 0.108 e. The van der Waals surface area contributed by atoms with Crippen LogP contribution in [-0.4, -0.2) is 5.11 Å². The summed E-state index contributed by atoms with van der Waals surface area (Å²) in [5.41, 5.74) is 0.726. The summed E-state index contributed by atoms with van der Waals surface area (Å²) in [7, 11) is 0. The van der Waals surface area contributed by atoms with E-state index in [0.717, 1.165) is 5.57 Å². The van der Waals surface area contributed by atoms with Gasteiger partial charge in [-0.15, -0.1) is 0 Å². The summed E-state index contributed by atoms with van der Waals surface area (Å²) in [6.07, 6.45) is 1.45. The van der Waals surface area contributed by atoms with E-state index in [1.54, 1.807) is 6.92 Å².